The fourth-order valence-electron chi connectivity index (χ4n) is 3.24. The lowest BCUT2D eigenvalue weighted by Gasteiger charge is -2.19. The number of benzene rings is 1. The van der Waals surface area contributed by atoms with E-state index in [1.165, 1.54) is 30.2 Å². The first-order valence-corrected chi connectivity index (χ1v) is 9.15. The number of fused-ring (bicyclic) bond motifs is 1. The van der Waals surface area contributed by atoms with Crippen LogP contribution in [0.5, 0.6) is 0 Å². The van der Waals surface area contributed by atoms with Crippen LogP contribution in [0.4, 0.5) is 5.69 Å². The van der Waals surface area contributed by atoms with Crippen LogP contribution in [0.25, 0.3) is 0 Å². The van der Waals surface area contributed by atoms with Crippen LogP contribution in [0.2, 0.25) is 0 Å². The third-order valence-electron chi connectivity index (χ3n) is 4.63. The summed E-state index contributed by atoms with van der Waals surface area (Å²) in [6.45, 7) is 2.92. The maximum atomic E-state index is 11.9. The molecule has 0 spiro atoms. The van der Waals surface area contributed by atoms with Crippen molar-refractivity contribution in [1.82, 2.24) is 5.32 Å². The Bertz CT molecular complexity index is 795. The van der Waals surface area contributed by atoms with Crippen LogP contribution >= 0.6 is 0 Å². The molecule has 0 saturated heterocycles. The highest BCUT2D eigenvalue weighted by Gasteiger charge is 2.13. The summed E-state index contributed by atoms with van der Waals surface area (Å²) < 4.78 is 5.16. The van der Waals surface area contributed by atoms with Crippen LogP contribution in [-0.2, 0) is 12.8 Å². The Morgan fingerprint density at radius 2 is 2.12 bits per heavy atom. The molecule has 1 amide bonds. The molecule has 0 unspecified atom stereocenters. The summed E-state index contributed by atoms with van der Waals surface area (Å²) in [5.74, 6) is 0.583. The summed E-state index contributed by atoms with van der Waals surface area (Å²) in [5.41, 5.74) is 10.7. The second-order valence-corrected chi connectivity index (χ2v) is 6.58. The minimum Gasteiger partial charge on any atom is -0.459 e. The van der Waals surface area contributed by atoms with Crippen molar-refractivity contribution in [1.29, 1.82) is 0 Å². The first kappa shape index (κ1) is 18.0. The number of nitrogens with zero attached hydrogens (tertiary/aromatic N) is 1. The van der Waals surface area contributed by atoms with Gasteiger partial charge in [-0.25, -0.2) is 0 Å². The van der Waals surface area contributed by atoms with E-state index in [1.54, 1.807) is 6.07 Å². The van der Waals surface area contributed by atoms with Gasteiger partial charge in [0.15, 0.2) is 11.7 Å². The molecule has 0 atom stereocenters. The molecule has 0 fully saturated rings. The fourth-order valence-corrected chi connectivity index (χ4v) is 3.24. The van der Waals surface area contributed by atoms with Gasteiger partial charge in [0.1, 0.15) is 0 Å². The number of carbonyl (C=O) groups excluding carboxylic acids is 1. The van der Waals surface area contributed by atoms with Gasteiger partial charge < -0.3 is 20.8 Å². The van der Waals surface area contributed by atoms with Gasteiger partial charge in [0.25, 0.3) is 5.91 Å². The first-order chi connectivity index (χ1) is 12.6. The van der Waals surface area contributed by atoms with Crippen molar-refractivity contribution in [3.8, 4) is 0 Å². The molecule has 0 bridgehead atoms. The molecule has 2 aromatic rings. The van der Waals surface area contributed by atoms with Gasteiger partial charge in [-0.05, 0) is 62.3 Å². The van der Waals surface area contributed by atoms with Crippen LogP contribution in [0.1, 0.15) is 46.5 Å². The van der Waals surface area contributed by atoms with Gasteiger partial charge in [0.2, 0.25) is 0 Å². The van der Waals surface area contributed by atoms with Crippen molar-refractivity contribution in [2.75, 3.05) is 18.4 Å². The minimum atomic E-state index is -0.196. The van der Waals surface area contributed by atoms with Crippen molar-refractivity contribution in [3.63, 3.8) is 0 Å². The predicted molar refractivity (Wildman–Crippen MR) is 104 cm³/mol. The maximum absolute atomic E-state index is 11.9. The number of nitrogens with two attached hydrogens (primary N) is 1. The number of nitrogens with one attached hydrogen (secondary N) is 2. The lowest BCUT2D eigenvalue weighted by atomic mass is 9.90. The van der Waals surface area contributed by atoms with E-state index in [4.69, 9.17) is 10.2 Å². The first-order valence-electron chi connectivity index (χ1n) is 9.15. The number of guanidine groups is 1. The zero-order valence-electron chi connectivity index (χ0n) is 15.2. The average molecular weight is 354 g/mol. The van der Waals surface area contributed by atoms with E-state index in [0.29, 0.717) is 31.2 Å². The van der Waals surface area contributed by atoms with Gasteiger partial charge >= 0.3 is 0 Å². The normalized spacial score (nSPS) is 14.0. The third-order valence-corrected chi connectivity index (χ3v) is 4.63. The van der Waals surface area contributed by atoms with E-state index < -0.39 is 0 Å². The zero-order valence-corrected chi connectivity index (χ0v) is 15.2. The molecule has 1 heterocycles. The van der Waals surface area contributed by atoms with Crippen molar-refractivity contribution in [2.24, 2.45) is 10.7 Å². The molecule has 6 heteroatoms. The van der Waals surface area contributed by atoms with Crippen molar-refractivity contribution >= 4 is 17.6 Å². The number of furan rings is 1. The van der Waals surface area contributed by atoms with E-state index in [2.05, 4.69) is 33.8 Å². The number of rotatable bonds is 6. The lowest BCUT2D eigenvalue weighted by Crippen LogP contribution is -2.26. The van der Waals surface area contributed by atoms with E-state index in [1.807, 2.05) is 6.92 Å². The monoisotopic (exact) mass is 354 g/mol. The van der Waals surface area contributed by atoms with Gasteiger partial charge in [0, 0.05) is 24.3 Å². The van der Waals surface area contributed by atoms with Crippen LogP contribution in [0.3, 0.4) is 0 Å². The zero-order chi connectivity index (χ0) is 18.4. The molecule has 138 valence electrons. The van der Waals surface area contributed by atoms with Gasteiger partial charge in [-0.1, -0.05) is 12.1 Å². The number of aryl methyl sites for hydroxylation is 2. The van der Waals surface area contributed by atoms with Gasteiger partial charge in [-0.3, -0.25) is 9.79 Å². The summed E-state index contributed by atoms with van der Waals surface area (Å²) in [7, 11) is 0. The molecule has 0 radical (unpaired) electrons. The quantitative estimate of drug-likeness (QED) is 0.422. The molecule has 1 aromatic carbocycles. The Morgan fingerprint density at radius 1 is 1.27 bits per heavy atom. The third kappa shape index (κ3) is 4.45. The maximum Gasteiger partial charge on any atom is 0.287 e. The van der Waals surface area contributed by atoms with Crippen molar-refractivity contribution in [2.45, 2.75) is 39.0 Å². The number of amides is 1. The molecule has 26 heavy (non-hydrogen) atoms. The van der Waals surface area contributed by atoms with Gasteiger partial charge in [0.05, 0.1) is 6.26 Å². The number of hydrogen-bond acceptors (Lipinski definition) is 3. The molecular weight excluding hydrogens is 328 g/mol. The molecule has 4 N–H and O–H groups in total. The fraction of sp³-hybridized carbons (Fsp3) is 0.400. The Labute approximate surface area is 153 Å². The number of anilines is 1. The lowest BCUT2D eigenvalue weighted by molar-refractivity contribution is 0.0925. The molecule has 1 aliphatic rings. The standard InChI is InChI=1S/C20H26N4O2/c1-14-10-13-26-18(14)19(25)22-11-5-12-23-20(21)24-17-9-4-7-15-6-2-3-8-16(15)17/h4,7,9-10,13H,2-3,5-6,8,11-12H2,1H3,(H,22,25)(H3,21,23,24). The molecule has 1 aromatic heterocycles. The van der Waals surface area contributed by atoms with Gasteiger partial charge in [-0.2, -0.15) is 0 Å². The van der Waals surface area contributed by atoms with E-state index in [0.717, 1.165) is 24.1 Å². The smallest absolute Gasteiger partial charge is 0.287 e. The largest absolute Gasteiger partial charge is 0.459 e. The second-order valence-electron chi connectivity index (χ2n) is 6.58. The Hall–Kier alpha value is -2.76. The Balaban J connectivity index is 1.45. The number of carbonyl (C=O) groups is 1. The SMILES string of the molecule is Cc1ccoc1C(=O)NCCCN=C(N)Nc1cccc2c1CCCC2. The Morgan fingerprint density at radius 3 is 2.92 bits per heavy atom. The number of aliphatic imine (C=N–C) groups is 1. The molecule has 3 rings (SSSR count). The van der Waals surface area contributed by atoms with E-state index in [-0.39, 0.29) is 5.91 Å². The summed E-state index contributed by atoms with van der Waals surface area (Å²) in [6.07, 6.45) is 6.92. The van der Waals surface area contributed by atoms with Crippen LogP contribution in [0.15, 0.2) is 39.9 Å². The van der Waals surface area contributed by atoms with E-state index >= 15 is 0 Å². The predicted octanol–water partition coefficient (Wildman–Crippen LogP) is 3.01. The highest BCUT2D eigenvalue weighted by Crippen LogP contribution is 2.27. The highest BCUT2D eigenvalue weighted by atomic mass is 16.3. The van der Waals surface area contributed by atoms with Gasteiger partial charge in [-0.15, -0.1) is 0 Å². The molecule has 0 aliphatic heterocycles. The van der Waals surface area contributed by atoms with Crippen molar-refractivity contribution < 1.29 is 9.21 Å². The minimum absolute atomic E-state index is 0.196. The number of hydrogen-bond donors (Lipinski definition) is 3. The summed E-state index contributed by atoms with van der Waals surface area (Å²) in [6, 6.07) is 8.08. The molecule has 6 nitrogen and oxygen atoms in total. The summed E-state index contributed by atoms with van der Waals surface area (Å²) in [4.78, 5) is 16.3. The second kappa shape index (κ2) is 8.56. The van der Waals surface area contributed by atoms with Crippen LogP contribution in [0, 0.1) is 6.92 Å². The summed E-state index contributed by atoms with van der Waals surface area (Å²) >= 11 is 0. The van der Waals surface area contributed by atoms with Crippen LogP contribution < -0.4 is 16.4 Å². The Kier molecular flexibility index (Phi) is 5.94. The average Bonchev–Trinajstić information content (AvgIpc) is 3.08. The molecule has 0 saturated carbocycles. The summed E-state index contributed by atoms with van der Waals surface area (Å²) in [5, 5.41) is 6.05. The molecular formula is C20H26N4O2. The highest BCUT2D eigenvalue weighted by molar-refractivity contribution is 5.93. The van der Waals surface area contributed by atoms with E-state index in [9.17, 15) is 4.79 Å². The van der Waals surface area contributed by atoms with Crippen molar-refractivity contribution in [3.05, 3.63) is 53.0 Å². The molecule has 1 aliphatic carbocycles. The topological polar surface area (TPSA) is 92.7 Å². The van der Waals surface area contributed by atoms with Crippen LogP contribution in [-0.4, -0.2) is 25.0 Å².